The first-order chi connectivity index (χ1) is 26.4. The van der Waals surface area contributed by atoms with Gasteiger partial charge >= 0.3 is 6.09 Å². The molecule has 3 fully saturated rings. The number of alkyl carbamates (subject to hydrolysis) is 1. The molecule has 3 N–H and O–H groups in total. The predicted octanol–water partition coefficient (Wildman–Crippen LogP) is 6.70. The van der Waals surface area contributed by atoms with Crippen LogP contribution in [-0.2, 0) is 27.4 Å². The van der Waals surface area contributed by atoms with Crippen molar-refractivity contribution in [3.05, 3.63) is 82.7 Å². The molecule has 11 heteroatoms. The number of carbonyl (C=O) groups is 2. The zero-order chi connectivity index (χ0) is 39.0. The maximum Gasteiger partial charge on any atom is 0.407 e. The van der Waals surface area contributed by atoms with Crippen molar-refractivity contribution in [3.63, 3.8) is 0 Å². The molecule has 55 heavy (non-hydrogen) atoms. The van der Waals surface area contributed by atoms with Gasteiger partial charge in [0.1, 0.15) is 17.7 Å². The van der Waals surface area contributed by atoms with Crippen molar-refractivity contribution in [2.45, 2.75) is 85.6 Å². The molecule has 2 aromatic carbocycles. The van der Waals surface area contributed by atoms with Gasteiger partial charge in [0.15, 0.2) is 0 Å². The Bertz CT molecular complexity index is 2070. The van der Waals surface area contributed by atoms with Crippen molar-refractivity contribution in [1.82, 2.24) is 35.1 Å². The van der Waals surface area contributed by atoms with Crippen molar-refractivity contribution in [3.8, 4) is 34.4 Å². The van der Waals surface area contributed by atoms with Crippen LogP contribution in [0.5, 0.6) is 0 Å². The second-order valence-electron chi connectivity index (χ2n) is 16.2. The van der Waals surface area contributed by atoms with Crippen LogP contribution >= 0.6 is 0 Å². The Labute approximate surface area is 325 Å². The van der Waals surface area contributed by atoms with Crippen LogP contribution in [0.2, 0.25) is 0 Å². The Morgan fingerprint density at radius 3 is 1.82 bits per heavy atom. The minimum Gasteiger partial charge on any atom is -0.453 e. The van der Waals surface area contributed by atoms with E-state index in [1.165, 1.54) is 7.11 Å². The summed E-state index contributed by atoms with van der Waals surface area (Å²) in [6.07, 6.45) is 4.54. The van der Waals surface area contributed by atoms with E-state index < -0.39 is 12.1 Å². The number of aromatic nitrogens is 4. The topological polar surface area (TPSA) is 128 Å². The molecule has 3 aliphatic rings. The third kappa shape index (κ3) is 8.36. The monoisotopic (exact) mass is 745 g/mol. The Morgan fingerprint density at radius 1 is 0.836 bits per heavy atom. The van der Waals surface area contributed by atoms with Crippen molar-refractivity contribution >= 4 is 12.0 Å². The van der Waals surface area contributed by atoms with Crippen molar-refractivity contribution < 1.29 is 19.1 Å². The van der Waals surface area contributed by atoms with E-state index in [0.717, 1.165) is 69.0 Å². The van der Waals surface area contributed by atoms with E-state index in [4.69, 9.17) is 14.5 Å². The van der Waals surface area contributed by atoms with E-state index in [1.54, 1.807) is 0 Å². The highest BCUT2D eigenvalue weighted by Crippen LogP contribution is 2.44. The van der Waals surface area contributed by atoms with Gasteiger partial charge in [0.25, 0.3) is 0 Å². The molecule has 4 aromatic rings. The number of benzene rings is 2. The van der Waals surface area contributed by atoms with E-state index in [-0.39, 0.29) is 17.9 Å². The molecule has 2 aliphatic carbocycles. The summed E-state index contributed by atoms with van der Waals surface area (Å²) in [5, 5.41) is 2.85. The molecule has 2 saturated carbocycles. The third-order valence-electron chi connectivity index (χ3n) is 12.5. The summed E-state index contributed by atoms with van der Waals surface area (Å²) in [5.41, 5.74) is 8.09. The van der Waals surface area contributed by atoms with Crippen LogP contribution in [0.4, 0.5) is 4.79 Å². The van der Waals surface area contributed by atoms with E-state index in [9.17, 15) is 9.59 Å². The fourth-order valence-corrected chi connectivity index (χ4v) is 8.53. The Balaban J connectivity index is 1.02. The summed E-state index contributed by atoms with van der Waals surface area (Å²) in [6.45, 7) is 15.4. The zero-order valence-corrected chi connectivity index (χ0v) is 33.4. The van der Waals surface area contributed by atoms with E-state index in [2.05, 4.69) is 122 Å². The average molecular weight is 746 g/mol. The van der Waals surface area contributed by atoms with Gasteiger partial charge in [0.2, 0.25) is 5.91 Å². The third-order valence-corrected chi connectivity index (χ3v) is 12.5. The number of nitrogens with zero attached hydrogens (tertiary/aromatic N) is 4. The fraction of sp³-hybridized carbons (Fsp3) is 0.500. The summed E-state index contributed by atoms with van der Waals surface area (Å²) in [4.78, 5) is 47.2. The number of amides is 2. The van der Waals surface area contributed by atoms with Crippen molar-refractivity contribution in [1.29, 1.82) is 0 Å². The van der Waals surface area contributed by atoms with Gasteiger partial charge < -0.3 is 29.7 Å². The smallest absolute Gasteiger partial charge is 0.407 e. The van der Waals surface area contributed by atoms with Gasteiger partial charge in [-0.2, -0.15) is 0 Å². The summed E-state index contributed by atoms with van der Waals surface area (Å²) in [6, 6.07) is 12.6. The Hall–Kier alpha value is -4.92. The fourth-order valence-electron chi connectivity index (χ4n) is 8.53. The molecular weight excluding hydrogens is 691 g/mol. The first-order valence-electron chi connectivity index (χ1n) is 19.7. The standard InChI is InChI=1S/C44H55N7O4/c1-25-19-34(36-21-45-38(47-36)23-50(7)41-27(3)28(41)4)13-11-31(25)9-10-32-12-14-35(20-26(32)2)37-22-46-39(48-37)24-51(42-29(5)30(42)6)43(52)40(49-44(53)54-8)33-15-17-55-18-16-33/h11-14,19-22,27-30,33,40-42H,15-18,23-24H2,1-8H3,(H,45,47)(H,46,48)(H,49,53)/t27-,28?,29-,30?,40?,41?,42?/m1/s1. The number of imidazole rings is 2. The molecule has 1 aliphatic heterocycles. The lowest BCUT2D eigenvalue weighted by Gasteiger charge is -2.34. The van der Waals surface area contributed by atoms with E-state index >= 15 is 0 Å². The number of hydrogen-bond acceptors (Lipinski definition) is 7. The van der Waals surface area contributed by atoms with Gasteiger partial charge in [-0.25, -0.2) is 14.8 Å². The minimum absolute atomic E-state index is 0.0279. The maximum atomic E-state index is 14.2. The lowest BCUT2D eigenvalue weighted by molar-refractivity contribution is -0.137. The zero-order valence-electron chi connectivity index (χ0n) is 33.4. The van der Waals surface area contributed by atoms with Gasteiger partial charge in [0.05, 0.1) is 44.0 Å². The number of ether oxygens (including phenoxy) is 2. The maximum absolute atomic E-state index is 14.2. The lowest BCUT2D eigenvalue weighted by Crippen LogP contribution is -2.54. The minimum atomic E-state index is -0.689. The highest BCUT2D eigenvalue weighted by molar-refractivity contribution is 5.86. The molecule has 2 aromatic heterocycles. The number of methoxy groups -OCH3 is 1. The van der Waals surface area contributed by atoms with Crippen LogP contribution in [0, 0.1) is 55.3 Å². The number of H-pyrrole nitrogens is 2. The van der Waals surface area contributed by atoms with Crippen LogP contribution in [0.1, 0.15) is 74.4 Å². The molecule has 290 valence electrons. The Morgan fingerprint density at radius 2 is 1.35 bits per heavy atom. The van der Waals surface area contributed by atoms with Crippen LogP contribution in [0.3, 0.4) is 0 Å². The summed E-state index contributed by atoms with van der Waals surface area (Å²) >= 11 is 0. The van der Waals surface area contributed by atoms with Gasteiger partial charge in [-0.3, -0.25) is 9.69 Å². The molecule has 7 rings (SSSR count). The summed E-state index contributed by atoms with van der Waals surface area (Å²) < 4.78 is 10.5. The van der Waals surface area contributed by atoms with Gasteiger partial charge in [-0.15, -0.1) is 0 Å². The molecule has 1 saturated heterocycles. The molecular formula is C44H55N7O4. The predicted molar refractivity (Wildman–Crippen MR) is 213 cm³/mol. The first-order valence-corrected chi connectivity index (χ1v) is 19.7. The number of rotatable bonds is 11. The molecule has 5 unspecified atom stereocenters. The van der Waals surface area contributed by atoms with Gasteiger partial charge in [-0.1, -0.05) is 51.7 Å². The molecule has 7 atom stereocenters. The summed E-state index contributed by atoms with van der Waals surface area (Å²) in [7, 11) is 3.50. The van der Waals surface area contributed by atoms with Crippen LogP contribution in [-0.4, -0.2) is 87.2 Å². The normalized spacial score (nSPS) is 23.8. The molecule has 11 nitrogen and oxygen atoms in total. The molecule has 2 amide bonds. The highest BCUT2D eigenvalue weighted by Gasteiger charge is 2.51. The second kappa shape index (κ2) is 16.0. The first kappa shape index (κ1) is 38.4. The van der Waals surface area contributed by atoms with Crippen LogP contribution < -0.4 is 5.32 Å². The number of carbonyl (C=O) groups excluding carboxylic acids is 2. The second-order valence-corrected chi connectivity index (χ2v) is 16.2. The van der Waals surface area contributed by atoms with Crippen molar-refractivity contribution in [2.75, 3.05) is 27.4 Å². The molecule has 0 bridgehead atoms. The van der Waals surface area contributed by atoms with Crippen LogP contribution in [0.25, 0.3) is 22.5 Å². The number of aryl methyl sites for hydroxylation is 2. The van der Waals surface area contributed by atoms with Gasteiger partial charge in [-0.05, 0) is 110 Å². The van der Waals surface area contributed by atoms with Crippen LogP contribution in [0.15, 0.2) is 48.8 Å². The SMILES string of the molecule is COC(=O)NC(C(=O)N(Cc1ncc(-c2ccc(C#Cc3ccc(-c4cnc(CN(C)C5C(C)[C@H]5C)[nH]4)cc3C)c(C)c2)[nH]1)C1C(C)[C@H]1C)C1CCOCC1. The lowest BCUT2D eigenvalue weighted by atomic mass is 9.90. The summed E-state index contributed by atoms with van der Waals surface area (Å²) in [5.74, 6) is 10.5. The van der Waals surface area contributed by atoms with E-state index in [0.29, 0.717) is 56.3 Å². The number of nitrogens with one attached hydrogen (secondary N) is 3. The molecule has 0 spiro atoms. The number of aromatic amines is 2. The van der Waals surface area contributed by atoms with E-state index in [1.807, 2.05) is 17.3 Å². The van der Waals surface area contributed by atoms with Crippen molar-refractivity contribution in [2.24, 2.45) is 29.6 Å². The van der Waals surface area contributed by atoms with Gasteiger partial charge in [0, 0.05) is 36.4 Å². The average Bonchev–Trinajstić information content (AvgIpc) is 3.70. The Kier molecular flexibility index (Phi) is 11.2. The largest absolute Gasteiger partial charge is 0.453 e. The molecule has 3 heterocycles. The quantitative estimate of drug-likeness (QED) is 0.146. The number of hydrogen-bond donors (Lipinski definition) is 3. The molecule has 0 radical (unpaired) electrons. The highest BCUT2D eigenvalue weighted by atomic mass is 16.5.